The summed E-state index contributed by atoms with van der Waals surface area (Å²) in [5.74, 6) is -0.796. The average molecular weight is 239 g/mol. The number of hydrogen-bond acceptors (Lipinski definition) is 3. The molecule has 1 atom stereocenters. The van der Waals surface area contributed by atoms with E-state index in [1.54, 1.807) is 11.8 Å². The Bertz CT molecular complexity index is 351. The molecule has 0 saturated carbocycles. The molecule has 0 spiro atoms. The van der Waals surface area contributed by atoms with E-state index < -0.39 is 5.97 Å². The van der Waals surface area contributed by atoms with Gasteiger partial charge in [-0.1, -0.05) is 12.1 Å². The first-order valence-electron chi connectivity index (χ1n) is 5.10. The van der Waals surface area contributed by atoms with Crippen LogP contribution in [0, 0.1) is 0 Å². The van der Waals surface area contributed by atoms with E-state index >= 15 is 0 Å². The van der Waals surface area contributed by atoms with Gasteiger partial charge in [0.15, 0.2) is 0 Å². The van der Waals surface area contributed by atoms with Crippen LogP contribution in [0.3, 0.4) is 0 Å². The van der Waals surface area contributed by atoms with Gasteiger partial charge in [-0.3, -0.25) is 9.69 Å². The Labute approximate surface area is 100 Å². The summed E-state index contributed by atoms with van der Waals surface area (Å²) in [4.78, 5) is 13.6. The van der Waals surface area contributed by atoms with Crippen molar-refractivity contribution in [1.82, 2.24) is 4.90 Å². The van der Waals surface area contributed by atoms with Crippen LogP contribution in [0.5, 0.6) is 0 Å². The van der Waals surface area contributed by atoms with E-state index in [0.29, 0.717) is 0 Å². The van der Waals surface area contributed by atoms with Gasteiger partial charge in [-0.2, -0.15) is 0 Å². The molecule has 1 aromatic rings. The van der Waals surface area contributed by atoms with Crippen molar-refractivity contribution in [1.29, 1.82) is 0 Å². The summed E-state index contributed by atoms with van der Waals surface area (Å²) < 4.78 is 0. The number of carboxylic acid groups (broad SMARTS) is 1. The lowest BCUT2D eigenvalue weighted by Gasteiger charge is -2.23. The fourth-order valence-corrected chi connectivity index (χ4v) is 1.90. The normalized spacial score (nSPS) is 12.8. The molecule has 1 N–H and O–H groups in total. The van der Waals surface area contributed by atoms with E-state index in [2.05, 4.69) is 24.3 Å². The first-order valence-corrected chi connectivity index (χ1v) is 6.33. The number of likely N-dealkylation sites (N-methyl/N-ethyl adjacent to an activating group) is 1. The minimum atomic E-state index is -0.796. The Hall–Kier alpha value is -1.00. The lowest BCUT2D eigenvalue weighted by atomic mass is 10.1. The van der Waals surface area contributed by atoms with Gasteiger partial charge < -0.3 is 5.11 Å². The Balaban J connectivity index is 2.71. The van der Waals surface area contributed by atoms with Gasteiger partial charge >= 0.3 is 5.97 Å². The van der Waals surface area contributed by atoms with E-state index in [-0.39, 0.29) is 12.6 Å². The number of carbonyl (C=O) groups is 1. The van der Waals surface area contributed by atoms with Gasteiger partial charge in [-0.15, -0.1) is 11.8 Å². The first kappa shape index (κ1) is 13.1. The summed E-state index contributed by atoms with van der Waals surface area (Å²) in [7, 11) is 1.82. The molecule has 0 aromatic heterocycles. The van der Waals surface area contributed by atoms with E-state index in [1.807, 2.05) is 25.1 Å². The lowest BCUT2D eigenvalue weighted by molar-refractivity contribution is -0.138. The molecule has 0 saturated heterocycles. The van der Waals surface area contributed by atoms with Crippen molar-refractivity contribution in [3.8, 4) is 0 Å². The van der Waals surface area contributed by atoms with E-state index in [1.165, 1.54) is 4.90 Å². The van der Waals surface area contributed by atoms with Gasteiger partial charge in [0, 0.05) is 10.9 Å². The zero-order valence-corrected chi connectivity index (χ0v) is 10.6. The topological polar surface area (TPSA) is 40.5 Å². The third kappa shape index (κ3) is 3.54. The maximum absolute atomic E-state index is 10.6. The van der Waals surface area contributed by atoms with Crippen LogP contribution in [0.25, 0.3) is 0 Å². The summed E-state index contributed by atoms with van der Waals surface area (Å²) in [5.41, 5.74) is 1.14. The van der Waals surface area contributed by atoms with Crippen molar-refractivity contribution in [2.24, 2.45) is 0 Å². The number of carboxylic acids is 1. The molecule has 0 bridgehead atoms. The van der Waals surface area contributed by atoms with Gasteiger partial charge in [0.25, 0.3) is 0 Å². The number of nitrogens with zero attached hydrogens (tertiary/aromatic N) is 1. The smallest absolute Gasteiger partial charge is 0.317 e. The summed E-state index contributed by atoms with van der Waals surface area (Å²) in [6, 6.07) is 8.34. The minimum absolute atomic E-state index is 0.0610. The van der Waals surface area contributed by atoms with Crippen molar-refractivity contribution in [2.45, 2.75) is 17.9 Å². The molecule has 1 rings (SSSR count). The Morgan fingerprint density at radius 2 is 2.00 bits per heavy atom. The molecule has 0 radical (unpaired) electrons. The Morgan fingerprint density at radius 1 is 1.44 bits per heavy atom. The van der Waals surface area contributed by atoms with Crippen molar-refractivity contribution >= 4 is 17.7 Å². The molecule has 0 heterocycles. The predicted molar refractivity (Wildman–Crippen MR) is 66.9 cm³/mol. The molecule has 0 aliphatic carbocycles. The van der Waals surface area contributed by atoms with Gasteiger partial charge in [-0.25, -0.2) is 0 Å². The van der Waals surface area contributed by atoms with Crippen LogP contribution < -0.4 is 0 Å². The fraction of sp³-hybridized carbons (Fsp3) is 0.417. The van der Waals surface area contributed by atoms with Crippen LogP contribution in [0.1, 0.15) is 18.5 Å². The second-order valence-electron chi connectivity index (χ2n) is 3.76. The summed E-state index contributed by atoms with van der Waals surface area (Å²) in [5, 5.41) is 8.72. The first-order chi connectivity index (χ1) is 7.54. The van der Waals surface area contributed by atoms with Crippen molar-refractivity contribution in [3.63, 3.8) is 0 Å². The molecule has 1 aromatic carbocycles. The highest BCUT2D eigenvalue weighted by Gasteiger charge is 2.13. The molecule has 0 fully saturated rings. The molecule has 0 amide bonds. The van der Waals surface area contributed by atoms with E-state index in [9.17, 15) is 4.79 Å². The zero-order valence-electron chi connectivity index (χ0n) is 9.80. The quantitative estimate of drug-likeness (QED) is 0.801. The number of hydrogen-bond donors (Lipinski definition) is 1. The van der Waals surface area contributed by atoms with Crippen LogP contribution in [0.15, 0.2) is 29.2 Å². The third-order valence-electron chi connectivity index (χ3n) is 2.64. The van der Waals surface area contributed by atoms with Crippen molar-refractivity contribution < 1.29 is 9.90 Å². The molecule has 3 nitrogen and oxygen atoms in total. The molecule has 0 aliphatic heterocycles. The molecule has 1 unspecified atom stereocenters. The molecule has 88 valence electrons. The van der Waals surface area contributed by atoms with Crippen LogP contribution in [-0.4, -0.2) is 35.8 Å². The van der Waals surface area contributed by atoms with Crippen LogP contribution >= 0.6 is 11.8 Å². The number of benzene rings is 1. The number of aliphatic carboxylic acids is 1. The molecule has 0 aliphatic rings. The van der Waals surface area contributed by atoms with Crippen LogP contribution in [-0.2, 0) is 4.79 Å². The summed E-state index contributed by atoms with van der Waals surface area (Å²) in [6.45, 7) is 2.07. The second-order valence-corrected chi connectivity index (χ2v) is 4.64. The highest BCUT2D eigenvalue weighted by Crippen LogP contribution is 2.21. The molecule has 4 heteroatoms. The summed E-state index contributed by atoms with van der Waals surface area (Å²) in [6.07, 6.45) is 2.04. The molecule has 16 heavy (non-hydrogen) atoms. The van der Waals surface area contributed by atoms with E-state index in [0.717, 1.165) is 5.56 Å². The largest absolute Gasteiger partial charge is 0.480 e. The third-order valence-corrected chi connectivity index (χ3v) is 3.39. The maximum Gasteiger partial charge on any atom is 0.317 e. The SMILES string of the molecule is CSc1ccc(C(C)N(C)CC(=O)O)cc1. The van der Waals surface area contributed by atoms with Gasteiger partial charge in [0.2, 0.25) is 0 Å². The minimum Gasteiger partial charge on any atom is -0.480 e. The van der Waals surface area contributed by atoms with Crippen LogP contribution in [0.4, 0.5) is 0 Å². The average Bonchev–Trinajstić information content (AvgIpc) is 2.27. The predicted octanol–water partition coefficient (Wildman–Crippen LogP) is 2.49. The van der Waals surface area contributed by atoms with Crippen molar-refractivity contribution in [2.75, 3.05) is 19.8 Å². The number of thioether (sulfide) groups is 1. The zero-order chi connectivity index (χ0) is 12.1. The number of rotatable bonds is 5. The summed E-state index contributed by atoms with van der Waals surface area (Å²) >= 11 is 1.70. The van der Waals surface area contributed by atoms with E-state index in [4.69, 9.17) is 5.11 Å². The molecular formula is C12H17NO2S. The van der Waals surface area contributed by atoms with Crippen LogP contribution in [0.2, 0.25) is 0 Å². The second kappa shape index (κ2) is 5.92. The maximum atomic E-state index is 10.6. The van der Waals surface area contributed by atoms with Crippen molar-refractivity contribution in [3.05, 3.63) is 29.8 Å². The standard InChI is InChI=1S/C12H17NO2S/c1-9(13(2)8-12(14)15)10-4-6-11(16-3)7-5-10/h4-7,9H,8H2,1-3H3,(H,14,15). The lowest BCUT2D eigenvalue weighted by Crippen LogP contribution is -2.28. The molecular weight excluding hydrogens is 222 g/mol. The highest BCUT2D eigenvalue weighted by atomic mass is 32.2. The highest BCUT2D eigenvalue weighted by molar-refractivity contribution is 7.98. The Morgan fingerprint density at radius 3 is 2.44 bits per heavy atom. The van der Waals surface area contributed by atoms with Gasteiger partial charge in [0.1, 0.15) is 0 Å². The Kier molecular flexibility index (Phi) is 4.83. The fourth-order valence-electron chi connectivity index (χ4n) is 1.49. The van der Waals surface area contributed by atoms with Gasteiger partial charge in [-0.05, 0) is 37.9 Å². The monoisotopic (exact) mass is 239 g/mol. The van der Waals surface area contributed by atoms with Gasteiger partial charge in [0.05, 0.1) is 6.54 Å².